The molecule has 4 aromatic rings. The third-order valence-electron chi connectivity index (χ3n) is 4.85. The summed E-state index contributed by atoms with van der Waals surface area (Å²) in [5.74, 6) is 0.0127. The molecule has 152 valence electrons. The smallest absolute Gasteiger partial charge is 0.303 e. The number of aromatic nitrogens is 4. The SMILES string of the molecule is COc1cc(CCC(=O)O)ccc1-c1nc2c(C)nn(-c3ccccc3)c2c(=O)[nH]1. The van der Waals surface area contributed by atoms with E-state index in [1.165, 1.54) is 7.11 Å². The summed E-state index contributed by atoms with van der Waals surface area (Å²) in [6.07, 6.45) is 0.416. The highest BCUT2D eigenvalue weighted by molar-refractivity contribution is 5.81. The molecule has 0 spiro atoms. The first-order valence-corrected chi connectivity index (χ1v) is 9.42. The van der Waals surface area contributed by atoms with E-state index in [0.29, 0.717) is 40.3 Å². The number of hydrogen-bond acceptors (Lipinski definition) is 5. The van der Waals surface area contributed by atoms with Gasteiger partial charge in [-0.15, -0.1) is 0 Å². The van der Waals surface area contributed by atoms with Gasteiger partial charge in [0.1, 0.15) is 17.1 Å². The van der Waals surface area contributed by atoms with Gasteiger partial charge in [0.25, 0.3) is 5.56 Å². The molecule has 30 heavy (non-hydrogen) atoms. The van der Waals surface area contributed by atoms with Crippen molar-refractivity contribution in [2.45, 2.75) is 19.8 Å². The van der Waals surface area contributed by atoms with E-state index in [4.69, 9.17) is 9.84 Å². The van der Waals surface area contributed by atoms with Gasteiger partial charge in [-0.3, -0.25) is 9.59 Å². The molecular weight excluding hydrogens is 384 g/mol. The van der Waals surface area contributed by atoms with Crippen molar-refractivity contribution in [3.05, 3.63) is 70.1 Å². The van der Waals surface area contributed by atoms with Gasteiger partial charge >= 0.3 is 5.97 Å². The average molecular weight is 404 g/mol. The Hall–Kier alpha value is -3.94. The molecule has 0 amide bonds. The van der Waals surface area contributed by atoms with Gasteiger partial charge in [-0.1, -0.05) is 24.3 Å². The molecular formula is C22H20N4O4. The summed E-state index contributed by atoms with van der Waals surface area (Å²) in [4.78, 5) is 31.3. The second-order valence-corrected chi connectivity index (χ2v) is 6.87. The molecule has 2 aromatic heterocycles. The standard InChI is InChI=1S/C22H20N4O4/c1-13-19-20(26(25-13)15-6-4-3-5-7-15)22(29)24-21(23-19)16-10-8-14(9-11-18(27)28)12-17(16)30-2/h3-8,10,12H,9,11H2,1-2H3,(H,27,28)(H,23,24,29). The van der Waals surface area contributed by atoms with E-state index in [9.17, 15) is 9.59 Å². The third kappa shape index (κ3) is 3.55. The molecule has 4 rings (SSSR count). The second kappa shape index (κ2) is 7.82. The lowest BCUT2D eigenvalue weighted by atomic mass is 10.1. The Morgan fingerprint density at radius 2 is 1.97 bits per heavy atom. The number of aryl methyl sites for hydroxylation is 2. The normalized spacial score (nSPS) is 11.0. The summed E-state index contributed by atoms with van der Waals surface area (Å²) < 4.78 is 7.06. The number of nitrogens with one attached hydrogen (secondary N) is 1. The van der Waals surface area contributed by atoms with Gasteiger partial charge in [-0.05, 0) is 43.2 Å². The van der Waals surface area contributed by atoms with Gasteiger partial charge in [0.2, 0.25) is 0 Å². The molecule has 0 aliphatic carbocycles. The fraction of sp³-hybridized carbons (Fsp3) is 0.182. The molecule has 0 unspecified atom stereocenters. The van der Waals surface area contributed by atoms with E-state index < -0.39 is 5.97 Å². The summed E-state index contributed by atoms with van der Waals surface area (Å²) in [5, 5.41) is 13.4. The number of H-pyrrole nitrogens is 1. The number of hydrogen-bond donors (Lipinski definition) is 2. The number of carboxylic acid groups (broad SMARTS) is 1. The Bertz CT molecular complexity index is 1290. The lowest BCUT2D eigenvalue weighted by molar-refractivity contribution is -0.136. The zero-order valence-corrected chi connectivity index (χ0v) is 16.5. The van der Waals surface area contributed by atoms with E-state index in [2.05, 4.69) is 15.1 Å². The predicted octanol–water partition coefficient (Wildman–Crippen LogP) is 3.11. The monoisotopic (exact) mass is 404 g/mol. The summed E-state index contributed by atoms with van der Waals surface area (Å²) in [6.45, 7) is 1.81. The van der Waals surface area contributed by atoms with Gasteiger partial charge in [-0.2, -0.15) is 5.10 Å². The number of aromatic amines is 1. The van der Waals surface area contributed by atoms with Crippen LogP contribution in [0.15, 0.2) is 53.3 Å². The summed E-state index contributed by atoms with van der Waals surface area (Å²) in [6, 6.07) is 14.8. The van der Waals surface area contributed by atoms with E-state index in [1.807, 2.05) is 43.3 Å². The first-order chi connectivity index (χ1) is 14.5. The van der Waals surface area contributed by atoms with Gasteiger partial charge < -0.3 is 14.8 Å². The van der Waals surface area contributed by atoms with E-state index in [0.717, 1.165) is 11.3 Å². The van der Waals surface area contributed by atoms with Crippen LogP contribution in [0.3, 0.4) is 0 Å². The molecule has 0 aliphatic heterocycles. The van der Waals surface area contributed by atoms with Crippen LogP contribution in [0.25, 0.3) is 28.1 Å². The predicted molar refractivity (Wildman–Crippen MR) is 112 cm³/mol. The van der Waals surface area contributed by atoms with Crippen LogP contribution in [-0.2, 0) is 11.2 Å². The van der Waals surface area contributed by atoms with Crippen LogP contribution in [0.4, 0.5) is 0 Å². The second-order valence-electron chi connectivity index (χ2n) is 6.87. The average Bonchev–Trinajstić information content (AvgIpc) is 3.09. The van der Waals surface area contributed by atoms with Crippen molar-refractivity contribution in [3.63, 3.8) is 0 Å². The van der Waals surface area contributed by atoms with E-state index >= 15 is 0 Å². The van der Waals surface area contributed by atoms with E-state index in [-0.39, 0.29) is 12.0 Å². The lowest BCUT2D eigenvalue weighted by Crippen LogP contribution is -2.13. The highest BCUT2D eigenvalue weighted by Gasteiger charge is 2.18. The minimum absolute atomic E-state index is 0.0292. The fourth-order valence-corrected chi connectivity index (χ4v) is 3.38. The molecule has 2 N–H and O–H groups in total. The number of aliphatic carboxylic acids is 1. The van der Waals surface area contributed by atoms with Crippen molar-refractivity contribution in [2.24, 2.45) is 0 Å². The van der Waals surface area contributed by atoms with Crippen LogP contribution in [0, 0.1) is 6.92 Å². The number of carboxylic acids is 1. The third-order valence-corrected chi connectivity index (χ3v) is 4.85. The zero-order valence-electron chi connectivity index (χ0n) is 16.5. The lowest BCUT2D eigenvalue weighted by Gasteiger charge is -2.10. The summed E-state index contributed by atoms with van der Waals surface area (Å²) >= 11 is 0. The van der Waals surface area contributed by atoms with E-state index in [1.54, 1.807) is 16.8 Å². The number of benzene rings is 2. The maximum absolute atomic E-state index is 13.0. The van der Waals surface area contributed by atoms with Gasteiger partial charge in [0.15, 0.2) is 5.52 Å². The molecule has 0 radical (unpaired) electrons. The van der Waals surface area contributed by atoms with Crippen molar-refractivity contribution in [3.8, 4) is 22.8 Å². The van der Waals surface area contributed by atoms with Crippen molar-refractivity contribution in [1.29, 1.82) is 0 Å². The fourth-order valence-electron chi connectivity index (χ4n) is 3.38. The molecule has 2 aromatic carbocycles. The molecule has 0 bridgehead atoms. The maximum Gasteiger partial charge on any atom is 0.303 e. The minimum Gasteiger partial charge on any atom is -0.496 e. The van der Waals surface area contributed by atoms with Crippen LogP contribution in [0.2, 0.25) is 0 Å². The van der Waals surface area contributed by atoms with Gasteiger partial charge in [-0.25, -0.2) is 9.67 Å². The Morgan fingerprint density at radius 1 is 1.20 bits per heavy atom. The summed E-state index contributed by atoms with van der Waals surface area (Å²) in [7, 11) is 1.52. The molecule has 0 aliphatic rings. The van der Waals surface area contributed by atoms with Crippen molar-refractivity contribution in [2.75, 3.05) is 7.11 Å². The highest BCUT2D eigenvalue weighted by atomic mass is 16.5. The number of methoxy groups -OCH3 is 1. The molecule has 0 fully saturated rings. The van der Waals surface area contributed by atoms with Crippen molar-refractivity contribution < 1.29 is 14.6 Å². The highest BCUT2D eigenvalue weighted by Crippen LogP contribution is 2.30. The Labute approximate surface area is 171 Å². The largest absolute Gasteiger partial charge is 0.496 e. The Morgan fingerprint density at radius 3 is 2.67 bits per heavy atom. The molecule has 8 nitrogen and oxygen atoms in total. The molecule has 2 heterocycles. The quantitative estimate of drug-likeness (QED) is 0.511. The van der Waals surface area contributed by atoms with Crippen LogP contribution < -0.4 is 10.3 Å². The summed E-state index contributed by atoms with van der Waals surface area (Å²) in [5.41, 5.74) is 3.43. The zero-order chi connectivity index (χ0) is 21.3. The molecule has 0 saturated carbocycles. The van der Waals surface area contributed by atoms with Crippen LogP contribution in [0.5, 0.6) is 5.75 Å². The number of fused-ring (bicyclic) bond motifs is 1. The number of carbonyl (C=O) groups is 1. The van der Waals surface area contributed by atoms with Gasteiger partial charge in [0.05, 0.1) is 24.1 Å². The Balaban J connectivity index is 1.82. The van der Waals surface area contributed by atoms with Crippen molar-refractivity contribution >= 4 is 17.0 Å². The van der Waals surface area contributed by atoms with Gasteiger partial charge in [0, 0.05) is 6.42 Å². The minimum atomic E-state index is -0.861. The maximum atomic E-state index is 13.0. The van der Waals surface area contributed by atoms with Crippen LogP contribution in [-0.4, -0.2) is 37.9 Å². The first-order valence-electron chi connectivity index (χ1n) is 9.42. The number of nitrogens with zero attached hydrogens (tertiary/aromatic N) is 3. The Kier molecular flexibility index (Phi) is 5.05. The van der Waals surface area contributed by atoms with Crippen LogP contribution >= 0.6 is 0 Å². The van der Waals surface area contributed by atoms with Crippen molar-refractivity contribution in [1.82, 2.24) is 19.7 Å². The number of para-hydroxylation sites is 1. The molecule has 0 atom stereocenters. The number of ether oxygens (including phenoxy) is 1. The molecule has 8 heteroatoms. The number of rotatable bonds is 6. The molecule has 0 saturated heterocycles. The van der Waals surface area contributed by atoms with Crippen LogP contribution in [0.1, 0.15) is 17.7 Å². The first kappa shape index (κ1) is 19.4. The topological polar surface area (TPSA) is 110 Å².